The van der Waals surface area contributed by atoms with Gasteiger partial charge in [-0.3, -0.25) is 0 Å². The topological polar surface area (TPSA) is 29.3 Å². The van der Waals surface area contributed by atoms with Gasteiger partial charge in [0, 0.05) is 35.5 Å². The molecule has 17 heavy (non-hydrogen) atoms. The molecule has 0 bridgehead atoms. The van der Waals surface area contributed by atoms with Crippen LogP contribution in [-0.2, 0) is 0 Å². The summed E-state index contributed by atoms with van der Waals surface area (Å²) in [5.41, 5.74) is 6.10. The molecule has 5 heteroatoms. The summed E-state index contributed by atoms with van der Waals surface area (Å²) in [6.45, 7) is 11.9. The van der Waals surface area contributed by atoms with E-state index in [2.05, 4.69) is 19.7 Å². The highest BCUT2D eigenvalue weighted by atomic mass is 35.5. The molecule has 0 atom stereocenters. The number of alkyl halides is 1. The molecule has 0 heterocycles. The predicted octanol–water partition coefficient (Wildman–Crippen LogP) is 3.94. The maximum absolute atomic E-state index is 5.62. The lowest BCUT2D eigenvalue weighted by atomic mass is 10.4. The van der Waals surface area contributed by atoms with Gasteiger partial charge < -0.3 is 10.6 Å². The first kappa shape index (κ1) is 16.6. The molecule has 0 amide bonds. The number of rotatable bonds is 9. The van der Waals surface area contributed by atoms with Gasteiger partial charge in [-0.05, 0) is 11.8 Å². The number of halogens is 1. The third kappa shape index (κ3) is 6.76. The van der Waals surface area contributed by atoms with Crippen molar-refractivity contribution in [2.24, 2.45) is 5.73 Å². The second-order valence-corrected chi connectivity index (χ2v) is 5.71. The molecule has 0 unspecified atom stereocenters. The Morgan fingerprint density at radius 3 is 2.59 bits per heavy atom. The van der Waals surface area contributed by atoms with Gasteiger partial charge in [0.15, 0.2) is 0 Å². The van der Waals surface area contributed by atoms with Crippen LogP contribution in [0.15, 0.2) is 47.0 Å². The average molecular weight is 291 g/mol. The Labute approximate surface area is 118 Å². The molecule has 0 aromatic rings. The van der Waals surface area contributed by atoms with Crippen molar-refractivity contribution >= 4 is 35.1 Å². The molecule has 0 radical (unpaired) electrons. The average Bonchev–Trinajstić information content (AvgIpc) is 2.34. The Balaban J connectivity index is 4.19. The van der Waals surface area contributed by atoms with Crippen molar-refractivity contribution in [3.8, 4) is 0 Å². The summed E-state index contributed by atoms with van der Waals surface area (Å²) in [7, 11) is 1.93. The van der Waals surface area contributed by atoms with Gasteiger partial charge in [-0.2, -0.15) is 0 Å². The molecule has 0 aliphatic heterocycles. The highest BCUT2D eigenvalue weighted by Crippen LogP contribution is 2.29. The molecular formula is C12H19ClN2S2. The number of thioether (sulfide) groups is 2. The van der Waals surface area contributed by atoms with Gasteiger partial charge in [-0.25, -0.2) is 0 Å². The number of hydrogen-bond donors (Lipinski definition) is 1. The van der Waals surface area contributed by atoms with Crippen LogP contribution >= 0.6 is 35.1 Å². The second-order valence-electron chi connectivity index (χ2n) is 3.16. The first-order chi connectivity index (χ1) is 8.04. The summed E-state index contributed by atoms with van der Waals surface area (Å²) in [6, 6.07) is 0. The Morgan fingerprint density at radius 2 is 2.06 bits per heavy atom. The lowest BCUT2D eigenvalue weighted by Gasteiger charge is -2.23. The second kappa shape index (κ2) is 9.57. The molecule has 0 fully saturated rings. The van der Waals surface area contributed by atoms with E-state index in [0.717, 1.165) is 27.8 Å². The maximum Gasteiger partial charge on any atom is 0.0676 e. The minimum absolute atomic E-state index is 0.675. The Kier molecular flexibility index (Phi) is 9.31. The van der Waals surface area contributed by atoms with Crippen LogP contribution in [-0.4, -0.2) is 23.6 Å². The van der Waals surface area contributed by atoms with Gasteiger partial charge in [0.1, 0.15) is 0 Å². The molecule has 0 aromatic heterocycles. The quantitative estimate of drug-likeness (QED) is 0.396. The van der Waals surface area contributed by atoms with Crippen molar-refractivity contribution in [1.82, 2.24) is 4.90 Å². The van der Waals surface area contributed by atoms with E-state index in [1.807, 2.05) is 11.9 Å². The van der Waals surface area contributed by atoms with Crippen LogP contribution in [0.3, 0.4) is 0 Å². The maximum atomic E-state index is 5.62. The van der Waals surface area contributed by atoms with E-state index in [-0.39, 0.29) is 0 Å². The van der Waals surface area contributed by atoms with Crippen molar-refractivity contribution in [3.63, 3.8) is 0 Å². The fraction of sp³-hybridized carbons (Fsp3) is 0.333. The molecule has 0 spiro atoms. The lowest BCUT2D eigenvalue weighted by molar-refractivity contribution is 0.577. The summed E-state index contributed by atoms with van der Waals surface area (Å²) in [5, 5.41) is 2.71. The molecule has 0 saturated carbocycles. The largest absolute Gasteiger partial charge is 0.404 e. The third-order valence-electron chi connectivity index (χ3n) is 1.94. The minimum Gasteiger partial charge on any atom is -0.404 e. The third-order valence-corrected chi connectivity index (χ3v) is 4.12. The standard InChI is InChI=1S/C12H19ClN2S2/c1-10(11(2)16-9-7-14)15(4)12(3)17-8-5-6-13/h7,9H,1-3,5-6,8,14H2,4H3/b9-7-. The first-order valence-electron chi connectivity index (χ1n) is 5.07. The zero-order valence-electron chi connectivity index (χ0n) is 10.1. The monoisotopic (exact) mass is 290 g/mol. The Bertz CT molecular complexity index is 314. The van der Waals surface area contributed by atoms with E-state index in [9.17, 15) is 0 Å². The van der Waals surface area contributed by atoms with Crippen molar-refractivity contribution < 1.29 is 0 Å². The van der Waals surface area contributed by atoms with Crippen LogP contribution in [0, 0.1) is 0 Å². The van der Waals surface area contributed by atoms with Crippen LogP contribution in [0.4, 0.5) is 0 Å². The summed E-state index contributed by atoms with van der Waals surface area (Å²) >= 11 is 8.74. The van der Waals surface area contributed by atoms with Crippen LogP contribution in [0.2, 0.25) is 0 Å². The van der Waals surface area contributed by atoms with Crippen LogP contribution in [0.1, 0.15) is 6.42 Å². The van der Waals surface area contributed by atoms with Gasteiger partial charge in [0.25, 0.3) is 0 Å². The molecular weight excluding hydrogens is 272 g/mol. The Morgan fingerprint density at radius 1 is 1.41 bits per heavy atom. The van der Waals surface area contributed by atoms with Crippen molar-refractivity contribution in [3.05, 3.63) is 47.0 Å². The van der Waals surface area contributed by atoms with Gasteiger partial charge >= 0.3 is 0 Å². The van der Waals surface area contributed by atoms with Gasteiger partial charge in [0.05, 0.1) is 5.03 Å². The summed E-state index contributed by atoms with van der Waals surface area (Å²) in [6.07, 6.45) is 2.45. The SMILES string of the molecule is C=C(S/C=C\N)C(=C)N(C)C(=C)SCCCCl. The van der Waals surface area contributed by atoms with E-state index in [0.29, 0.717) is 5.88 Å². The smallest absolute Gasteiger partial charge is 0.0676 e. The summed E-state index contributed by atoms with van der Waals surface area (Å²) in [4.78, 5) is 2.78. The molecule has 2 N–H and O–H groups in total. The normalized spacial score (nSPS) is 10.5. The molecule has 0 rings (SSSR count). The zero-order valence-corrected chi connectivity index (χ0v) is 12.5. The van der Waals surface area contributed by atoms with E-state index in [1.165, 1.54) is 18.0 Å². The highest BCUT2D eigenvalue weighted by molar-refractivity contribution is 8.06. The van der Waals surface area contributed by atoms with Crippen molar-refractivity contribution in [1.29, 1.82) is 0 Å². The minimum atomic E-state index is 0.675. The van der Waals surface area contributed by atoms with Gasteiger partial charge in [-0.1, -0.05) is 31.5 Å². The fourth-order valence-electron chi connectivity index (χ4n) is 0.868. The molecule has 96 valence electrons. The number of likely N-dealkylation sites (N-methyl/N-ethyl adjacent to an activating group) is 1. The van der Waals surface area contributed by atoms with Crippen LogP contribution in [0.5, 0.6) is 0 Å². The number of hydrogen-bond acceptors (Lipinski definition) is 4. The van der Waals surface area contributed by atoms with Gasteiger partial charge in [0.2, 0.25) is 0 Å². The lowest BCUT2D eigenvalue weighted by Crippen LogP contribution is -2.14. The van der Waals surface area contributed by atoms with E-state index in [1.54, 1.807) is 17.2 Å². The van der Waals surface area contributed by atoms with Crippen molar-refractivity contribution in [2.75, 3.05) is 18.7 Å². The van der Waals surface area contributed by atoms with E-state index >= 15 is 0 Å². The molecule has 0 aromatic carbocycles. The fourth-order valence-corrected chi connectivity index (χ4v) is 2.50. The highest BCUT2D eigenvalue weighted by Gasteiger charge is 2.09. The molecule has 2 nitrogen and oxygen atoms in total. The Hall–Kier alpha value is -0.450. The summed E-state index contributed by atoms with van der Waals surface area (Å²) in [5.74, 6) is 1.64. The van der Waals surface area contributed by atoms with Crippen LogP contribution < -0.4 is 5.73 Å². The number of nitrogens with two attached hydrogens (primary N) is 1. The molecule has 0 saturated heterocycles. The van der Waals surface area contributed by atoms with Gasteiger partial charge in [-0.15, -0.1) is 23.4 Å². The van der Waals surface area contributed by atoms with E-state index < -0.39 is 0 Å². The zero-order chi connectivity index (χ0) is 13.3. The van der Waals surface area contributed by atoms with Crippen molar-refractivity contribution in [2.45, 2.75) is 6.42 Å². The van der Waals surface area contributed by atoms with E-state index in [4.69, 9.17) is 17.3 Å². The summed E-state index contributed by atoms with van der Waals surface area (Å²) < 4.78 is 0. The molecule has 0 aliphatic carbocycles. The number of nitrogens with zero attached hydrogens (tertiary/aromatic N) is 1. The predicted molar refractivity (Wildman–Crippen MR) is 83.9 cm³/mol. The van der Waals surface area contributed by atoms with Crippen LogP contribution in [0.25, 0.3) is 0 Å². The first-order valence-corrected chi connectivity index (χ1v) is 7.47. The molecule has 0 aliphatic rings.